The molecule has 0 amide bonds. The van der Waals surface area contributed by atoms with Gasteiger partial charge in [0, 0.05) is 11.1 Å². The van der Waals surface area contributed by atoms with Crippen molar-refractivity contribution in [3.05, 3.63) is 59.2 Å². The molecule has 1 aromatic heterocycles. The molecule has 5 nitrogen and oxygen atoms in total. The molecule has 2 N–H and O–H groups in total. The van der Waals surface area contributed by atoms with Crippen molar-refractivity contribution in [2.75, 3.05) is 20.0 Å². The van der Waals surface area contributed by atoms with E-state index in [1.54, 1.807) is 14.2 Å². The molecule has 2 aromatic carbocycles. The summed E-state index contributed by atoms with van der Waals surface area (Å²) in [7, 11) is 3.16. The highest BCUT2D eigenvalue weighted by molar-refractivity contribution is 5.81. The zero-order chi connectivity index (χ0) is 19.6. The molecule has 3 aromatic rings. The van der Waals surface area contributed by atoms with Crippen LogP contribution < -0.4 is 15.2 Å². The van der Waals surface area contributed by atoms with E-state index in [9.17, 15) is 5.26 Å². The van der Waals surface area contributed by atoms with Crippen LogP contribution in [0.25, 0.3) is 22.4 Å². The lowest BCUT2D eigenvalue weighted by Crippen LogP contribution is -2.01. The normalized spacial score (nSPS) is 10.3. The van der Waals surface area contributed by atoms with E-state index in [2.05, 4.69) is 17.1 Å². The molecule has 0 aliphatic rings. The molecule has 0 aliphatic carbocycles. The quantitative estimate of drug-likeness (QED) is 0.741. The van der Waals surface area contributed by atoms with Crippen LogP contribution in [0.5, 0.6) is 11.5 Å². The number of nitrogens with two attached hydrogens (primary N) is 1. The number of nitriles is 1. The van der Waals surface area contributed by atoms with E-state index in [1.165, 1.54) is 5.56 Å². The van der Waals surface area contributed by atoms with Crippen LogP contribution in [-0.2, 0) is 0 Å². The Labute approximate surface area is 159 Å². The Morgan fingerprint density at radius 2 is 1.67 bits per heavy atom. The van der Waals surface area contributed by atoms with Gasteiger partial charge in [0.1, 0.15) is 17.5 Å². The Bertz CT molecular complexity index is 1050. The highest BCUT2D eigenvalue weighted by Crippen LogP contribution is 2.37. The van der Waals surface area contributed by atoms with Gasteiger partial charge in [0.25, 0.3) is 0 Å². The molecule has 0 saturated heterocycles. The van der Waals surface area contributed by atoms with Gasteiger partial charge in [-0.2, -0.15) is 5.26 Å². The second-order valence-electron chi connectivity index (χ2n) is 6.32. The van der Waals surface area contributed by atoms with Crippen molar-refractivity contribution in [2.45, 2.75) is 13.8 Å². The van der Waals surface area contributed by atoms with Crippen LogP contribution in [0.2, 0.25) is 0 Å². The summed E-state index contributed by atoms with van der Waals surface area (Å²) in [5.41, 5.74) is 12.0. The maximum absolute atomic E-state index is 9.61. The van der Waals surface area contributed by atoms with Gasteiger partial charge in [-0.05, 0) is 43.2 Å². The summed E-state index contributed by atoms with van der Waals surface area (Å²) in [6.45, 7) is 4.08. The number of nitrogen functional groups attached to an aromatic ring is 1. The fraction of sp³-hybridized carbons (Fsp3) is 0.182. The molecule has 0 radical (unpaired) electrons. The predicted octanol–water partition coefficient (Wildman–Crippen LogP) is 4.50. The number of nitrogens with zero attached hydrogens (tertiary/aromatic N) is 2. The lowest BCUT2D eigenvalue weighted by atomic mass is 9.96. The first-order chi connectivity index (χ1) is 13.0. The number of anilines is 1. The van der Waals surface area contributed by atoms with Crippen LogP contribution in [-0.4, -0.2) is 19.2 Å². The first kappa shape index (κ1) is 18.3. The standard InChI is InChI=1S/C22H21N3O2/c1-13-5-7-16(14(2)9-13)19-11-17(18(12-23)22(24)25-19)15-6-8-20(26-3)21(10-15)27-4/h5-11H,1-4H3,(H2,24,25). The molecule has 0 unspecified atom stereocenters. The molecule has 3 rings (SSSR count). The lowest BCUT2D eigenvalue weighted by Gasteiger charge is -2.14. The molecule has 0 spiro atoms. The van der Waals surface area contributed by atoms with Crippen LogP contribution in [0.4, 0.5) is 5.82 Å². The SMILES string of the molecule is COc1ccc(-c2cc(-c3ccc(C)cc3C)nc(N)c2C#N)cc1OC. The van der Waals surface area contributed by atoms with Crippen molar-refractivity contribution in [1.82, 2.24) is 4.98 Å². The second kappa shape index (κ2) is 7.38. The Morgan fingerprint density at radius 1 is 0.926 bits per heavy atom. The summed E-state index contributed by atoms with van der Waals surface area (Å²) in [5, 5.41) is 9.61. The van der Waals surface area contributed by atoms with E-state index in [4.69, 9.17) is 15.2 Å². The number of ether oxygens (including phenoxy) is 2. The van der Waals surface area contributed by atoms with Gasteiger partial charge in [0.05, 0.1) is 19.9 Å². The summed E-state index contributed by atoms with van der Waals surface area (Å²) in [6.07, 6.45) is 0. The number of aryl methyl sites for hydroxylation is 2. The zero-order valence-corrected chi connectivity index (χ0v) is 15.8. The van der Waals surface area contributed by atoms with Crippen molar-refractivity contribution in [1.29, 1.82) is 5.26 Å². The van der Waals surface area contributed by atoms with Gasteiger partial charge >= 0.3 is 0 Å². The van der Waals surface area contributed by atoms with Crippen molar-refractivity contribution in [3.63, 3.8) is 0 Å². The average Bonchev–Trinajstić information content (AvgIpc) is 2.66. The first-order valence-corrected chi connectivity index (χ1v) is 8.49. The smallest absolute Gasteiger partial charge is 0.161 e. The molecule has 5 heteroatoms. The molecule has 136 valence electrons. The maximum Gasteiger partial charge on any atom is 0.161 e. The molecule has 27 heavy (non-hydrogen) atoms. The number of hydrogen-bond acceptors (Lipinski definition) is 5. The van der Waals surface area contributed by atoms with Gasteiger partial charge in [-0.25, -0.2) is 4.98 Å². The summed E-state index contributed by atoms with van der Waals surface area (Å²) in [6, 6.07) is 15.7. The van der Waals surface area contributed by atoms with E-state index < -0.39 is 0 Å². The van der Waals surface area contributed by atoms with Gasteiger partial charge in [0.2, 0.25) is 0 Å². The molecule has 0 bridgehead atoms. The number of pyridine rings is 1. The fourth-order valence-corrected chi connectivity index (χ4v) is 3.15. The van der Waals surface area contributed by atoms with Crippen LogP contribution in [0.15, 0.2) is 42.5 Å². The molecule has 0 fully saturated rings. The van der Waals surface area contributed by atoms with Crippen LogP contribution >= 0.6 is 0 Å². The Hall–Kier alpha value is -3.52. The minimum atomic E-state index is 0.208. The van der Waals surface area contributed by atoms with Gasteiger partial charge in [0.15, 0.2) is 11.5 Å². The highest BCUT2D eigenvalue weighted by Gasteiger charge is 2.16. The first-order valence-electron chi connectivity index (χ1n) is 8.49. The van der Waals surface area contributed by atoms with E-state index >= 15 is 0 Å². The van der Waals surface area contributed by atoms with Gasteiger partial charge in [-0.1, -0.05) is 29.8 Å². The van der Waals surface area contributed by atoms with Crippen molar-refractivity contribution < 1.29 is 9.47 Å². The minimum absolute atomic E-state index is 0.208. The van der Waals surface area contributed by atoms with Crippen molar-refractivity contribution in [3.8, 4) is 40.0 Å². The van der Waals surface area contributed by atoms with E-state index in [0.29, 0.717) is 22.6 Å². The summed E-state index contributed by atoms with van der Waals surface area (Å²) < 4.78 is 10.7. The summed E-state index contributed by atoms with van der Waals surface area (Å²) in [5.74, 6) is 1.42. The molecule has 0 atom stereocenters. The number of rotatable bonds is 4. The van der Waals surface area contributed by atoms with Crippen molar-refractivity contribution >= 4 is 5.82 Å². The van der Waals surface area contributed by atoms with Crippen LogP contribution in [0.3, 0.4) is 0 Å². The monoisotopic (exact) mass is 359 g/mol. The third kappa shape index (κ3) is 3.42. The Balaban J connectivity index is 2.24. The molecule has 1 heterocycles. The van der Waals surface area contributed by atoms with E-state index in [-0.39, 0.29) is 5.82 Å². The summed E-state index contributed by atoms with van der Waals surface area (Å²) >= 11 is 0. The van der Waals surface area contributed by atoms with Gasteiger partial charge in [-0.3, -0.25) is 0 Å². The highest BCUT2D eigenvalue weighted by atomic mass is 16.5. The average molecular weight is 359 g/mol. The van der Waals surface area contributed by atoms with E-state index in [1.807, 2.05) is 50.2 Å². The van der Waals surface area contributed by atoms with Crippen LogP contribution in [0, 0.1) is 25.2 Å². The summed E-state index contributed by atoms with van der Waals surface area (Å²) in [4.78, 5) is 4.47. The second-order valence-corrected chi connectivity index (χ2v) is 6.32. The largest absolute Gasteiger partial charge is 0.493 e. The van der Waals surface area contributed by atoms with Gasteiger partial charge < -0.3 is 15.2 Å². The minimum Gasteiger partial charge on any atom is -0.493 e. The lowest BCUT2D eigenvalue weighted by molar-refractivity contribution is 0.355. The Kier molecular flexibility index (Phi) is 5.00. The van der Waals surface area contributed by atoms with Crippen LogP contribution in [0.1, 0.15) is 16.7 Å². The van der Waals surface area contributed by atoms with E-state index in [0.717, 1.165) is 22.4 Å². The topological polar surface area (TPSA) is 81.2 Å². The molecular formula is C22H21N3O2. The Morgan fingerprint density at radius 3 is 2.30 bits per heavy atom. The number of hydrogen-bond donors (Lipinski definition) is 1. The van der Waals surface area contributed by atoms with Gasteiger partial charge in [-0.15, -0.1) is 0 Å². The third-order valence-electron chi connectivity index (χ3n) is 4.51. The van der Waals surface area contributed by atoms with Crippen molar-refractivity contribution in [2.24, 2.45) is 0 Å². The maximum atomic E-state index is 9.61. The predicted molar refractivity (Wildman–Crippen MR) is 107 cm³/mol. The molecule has 0 saturated carbocycles. The zero-order valence-electron chi connectivity index (χ0n) is 15.8. The molecule has 0 aliphatic heterocycles. The number of benzene rings is 2. The number of methoxy groups -OCH3 is 2. The molecular weight excluding hydrogens is 338 g/mol. The number of aromatic nitrogens is 1. The third-order valence-corrected chi connectivity index (χ3v) is 4.51. The fourth-order valence-electron chi connectivity index (χ4n) is 3.15.